The van der Waals surface area contributed by atoms with Crippen molar-refractivity contribution < 1.29 is 19.1 Å². The first-order valence-electron chi connectivity index (χ1n) is 14.0. The quantitative estimate of drug-likeness (QED) is 0.200. The van der Waals surface area contributed by atoms with Gasteiger partial charge in [0.2, 0.25) is 0 Å². The Labute approximate surface area is 247 Å². The van der Waals surface area contributed by atoms with Crippen LogP contribution in [-0.4, -0.2) is 66.1 Å². The molecule has 2 amide bonds. The summed E-state index contributed by atoms with van der Waals surface area (Å²) in [6.45, 7) is 5.07. The van der Waals surface area contributed by atoms with Crippen LogP contribution in [0.15, 0.2) is 79.0 Å². The molecule has 1 aliphatic rings. The highest BCUT2D eigenvalue weighted by Crippen LogP contribution is 2.30. The van der Waals surface area contributed by atoms with E-state index in [0.29, 0.717) is 39.9 Å². The first-order chi connectivity index (χ1) is 20.6. The number of pyridine rings is 1. The SMILES string of the molecule is O=C(Nc1ccccn1)c1ccc2nc(NC(=O)c3cc4ccccc4cc3OCCCCN3CCOCC3)sc2c1. The number of unbranched alkanes of at least 4 members (excludes halogenated alkanes) is 1. The van der Waals surface area contributed by atoms with E-state index in [9.17, 15) is 9.59 Å². The third-order valence-corrected chi connectivity index (χ3v) is 8.03. The summed E-state index contributed by atoms with van der Waals surface area (Å²) in [4.78, 5) is 37.4. The van der Waals surface area contributed by atoms with Crippen LogP contribution in [0.5, 0.6) is 5.75 Å². The number of anilines is 2. The number of benzene rings is 3. The number of fused-ring (bicyclic) bond motifs is 2. The van der Waals surface area contributed by atoms with Crippen molar-refractivity contribution in [3.63, 3.8) is 0 Å². The monoisotopic (exact) mass is 581 g/mol. The largest absolute Gasteiger partial charge is 0.493 e. The van der Waals surface area contributed by atoms with Crippen LogP contribution in [0.1, 0.15) is 33.6 Å². The number of aromatic nitrogens is 2. The minimum Gasteiger partial charge on any atom is -0.493 e. The van der Waals surface area contributed by atoms with Gasteiger partial charge in [-0.25, -0.2) is 9.97 Å². The zero-order valence-electron chi connectivity index (χ0n) is 23.0. The molecule has 0 bridgehead atoms. The molecule has 9 nitrogen and oxygen atoms in total. The molecule has 3 heterocycles. The molecule has 1 aliphatic heterocycles. The van der Waals surface area contributed by atoms with Gasteiger partial charge in [0.15, 0.2) is 5.13 Å². The summed E-state index contributed by atoms with van der Waals surface area (Å²) in [5, 5.41) is 8.14. The van der Waals surface area contributed by atoms with Crippen molar-refractivity contribution in [1.82, 2.24) is 14.9 Å². The summed E-state index contributed by atoms with van der Waals surface area (Å²) in [7, 11) is 0. The van der Waals surface area contributed by atoms with Crippen molar-refractivity contribution in [3.8, 4) is 5.75 Å². The van der Waals surface area contributed by atoms with Crippen LogP contribution >= 0.6 is 11.3 Å². The highest BCUT2D eigenvalue weighted by molar-refractivity contribution is 7.22. The molecular formula is C32H31N5O4S. The fraction of sp³-hybridized carbons (Fsp3) is 0.250. The van der Waals surface area contributed by atoms with Gasteiger partial charge in [-0.2, -0.15) is 0 Å². The van der Waals surface area contributed by atoms with E-state index in [0.717, 1.165) is 61.2 Å². The standard InChI is InChI=1S/C32H31N5O4S/c38-30(35-29-9-3-4-12-33-29)24-10-11-26-28(21-24)42-32(34-26)36-31(39)25-19-22-7-1-2-8-23(22)20-27(25)41-16-6-5-13-37-14-17-40-18-15-37/h1-4,7-12,19-21H,5-6,13-18H2,(H,33,35,38)(H,34,36,39). The maximum atomic E-state index is 13.5. The van der Waals surface area contributed by atoms with E-state index in [4.69, 9.17) is 9.47 Å². The minimum absolute atomic E-state index is 0.266. The number of hydrogen-bond acceptors (Lipinski definition) is 8. The number of amides is 2. The summed E-state index contributed by atoms with van der Waals surface area (Å²) >= 11 is 1.31. The summed E-state index contributed by atoms with van der Waals surface area (Å²) < 4.78 is 12.4. The third kappa shape index (κ3) is 6.73. The topological polar surface area (TPSA) is 106 Å². The van der Waals surface area contributed by atoms with Crippen molar-refractivity contribution >= 4 is 55.1 Å². The van der Waals surface area contributed by atoms with Gasteiger partial charge in [0.1, 0.15) is 11.6 Å². The lowest BCUT2D eigenvalue weighted by molar-refractivity contribution is 0.0368. The van der Waals surface area contributed by atoms with Crippen molar-refractivity contribution in [1.29, 1.82) is 0 Å². The van der Waals surface area contributed by atoms with E-state index < -0.39 is 0 Å². The number of nitrogens with zero attached hydrogens (tertiary/aromatic N) is 3. The summed E-state index contributed by atoms with van der Waals surface area (Å²) in [5.41, 5.74) is 1.63. The first kappa shape index (κ1) is 27.8. The van der Waals surface area contributed by atoms with Gasteiger partial charge < -0.3 is 14.8 Å². The molecule has 2 N–H and O–H groups in total. The number of morpholine rings is 1. The molecule has 5 aromatic rings. The maximum Gasteiger partial charge on any atom is 0.261 e. The summed E-state index contributed by atoms with van der Waals surface area (Å²) in [5.74, 6) is 0.464. The maximum absolute atomic E-state index is 13.5. The zero-order valence-corrected chi connectivity index (χ0v) is 23.9. The van der Waals surface area contributed by atoms with E-state index in [1.54, 1.807) is 36.5 Å². The van der Waals surface area contributed by atoms with Gasteiger partial charge in [-0.05, 0) is 72.6 Å². The van der Waals surface area contributed by atoms with Crippen molar-refractivity contribution in [2.75, 3.05) is 50.1 Å². The highest BCUT2D eigenvalue weighted by Gasteiger charge is 2.18. The predicted octanol–water partition coefficient (Wildman–Crippen LogP) is 5.84. The molecule has 42 heavy (non-hydrogen) atoms. The number of rotatable bonds is 10. The van der Waals surface area contributed by atoms with Gasteiger partial charge in [0.25, 0.3) is 11.8 Å². The molecular weight excluding hydrogens is 550 g/mol. The molecule has 0 spiro atoms. The van der Waals surface area contributed by atoms with E-state index >= 15 is 0 Å². The van der Waals surface area contributed by atoms with Crippen LogP contribution in [0.3, 0.4) is 0 Å². The Hall–Kier alpha value is -4.38. The van der Waals surface area contributed by atoms with Gasteiger partial charge in [0.05, 0.1) is 35.6 Å². The number of ether oxygens (including phenoxy) is 2. The average Bonchev–Trinajstić information content (AvgIpc) is 3.43. The van der Waals surface area contributed by atoms with E-state index in [1.807, 2.05) is 42.5 Å². The molecule has 3 aromatic carbocycles. The van der Waals surface area contributed by atoms with E-state index in [2.05, 4.69) is 25.5 Å². The Kier molecular flexibility index (Phi) is 8.64. The van der Waals surface area contributed by atoms with Crippen LogP contribution in [0.2, 0.25) is 0 Å². The minimum atomic E-state index is -0.295. The number of hydrogen-bond donors (Lipinski definition) is 2. The molecule has 2 aromatic heterocycles. The van der Waals surface area contributed by atoms with E-state index in [1.165, 1.54) is 11.3 Å². The number of carbonyl (C=O) groups excluding carboxylic acids is 2. The third-order valence-electron chi connectivity index (χ3n) is 7.10. The number of nitrogens with one attached hydrogen (secondary N) is 2. The highest BCUT2D eigenvalue weighted by atomic mass is 32.1. The molecule has 1 saturated heterocycles. The normalized spacial score (nSPS) is 13.7. The second-order valence-corrected chi connectivity index (χ2v) is 11.1. The lowest BCUT2D eigenvalue weighted by atomic mass is 10.1. The number of carbonyl (C=O) groups is 2. The Bertz CT molecular complexity index is 1700. The zero-order chi connectivity index (χ0) is 28.7. The fourth-order valence-electron chi connectivity index (χ4n) is 4.87. The van der Waals surface area contributed by atoms with Gasteiger partial charge in [-0.15, -0.1) is 0 Å². The van der Waals surface area contributed by atoms with E-state index in [-0.39, 0.29) is 11.8 Å². The smallest absolute Gasteiger partial charge is 0.261 e. The Morgan fingerprint density at radius 2 is 1.71 bits per heavy atom. The van der Waals surface area contributed by atoms with Crippen LogP contribution in [0.25, 0.3) is 21.0 Å². The predicted molar refractivity (Wildman–Crippen MR) is 166 cm³/mol. The molecule has 10 heteroatoms. The number of thiazole rings is 1. The van der Waals surface area contributed by atoms with Crippen LogP contribution in [0, 0.1) is 0 Å². The molecule has 0 unspecified atom stereocenters. The van der Waals surface area contributed by atoms with Crippen LogP contribution in [0.4, 0.5) is 10.9 Å². The summed E-state index contributed by atoms with van der Waals surface area (Å²) in [6, 6.07) is 22.3. The van der Waals surface area contributed by atoms with Crippen LogP contribution in [-0.2, 0) is 4.74 Å². The Morgan fingerprint density at radius 3 is 2.52 bits per heavy atom. The second-order valence-electron chi connectivity index (χ2n) is 10.0. The van der Waals surface area contributed by atoms with Crippen molar-refractivity contribution in [2.45, 2.75) is 12.8 Å². The summed E-state index contributed by atoms with van der Waals surface area (Å²) in [6.07, 6.45) is 3.53. The van der Waals surface area contributed by atoms with Gasteiger partial charge >= 0.3 is 0 Å². The lowest BCUT2D eigenvalue weighted by Gasteiger charge is -2.26. The van der Waals surface area contributed by atoms with Crippen molar-refractivity contribution in [3.05, 3.63) is 90.1 Å². The molecule has 6 rings (SSSR count). The lowest BCUT2D eigenvalue weighted by Crippen LogP contribution is -2.36. The fourth-order valence-corrected chi connectivity index (χ4v) is 5.77. The van der Waals surface area contributed by atoms with Crippen molar-refractivity contribution in [2.24, 2.45) is 0 Å². The average molecular weight is 582 g/mol. The van der Waals surface area contributed by atoms with Gasteiger partial charge in [-0.1, -0.05) is 41.7 Å². The molecule has 214 valence electrons. The molecule has 0 radical (unpaired) electrons. The Morgan fingerprint density at radius 1 is 0.905 bits per heavy atom. The van der Waals surface area contributed by atoms with Crippen LogP contribution < -0.4 is 15.4 Å². The first-order valence-corrected chi connectivity index (χ1v) is 14.8. The second kappa shape index (κ2) is 13.1. The van der Waals surface area contributed by atoms with Gasteiger partial charge in [-0.3, -0.25) is 19.8 Å². The molecule has 1 fully saturated rings. The molecule has 0 aliphatic carbocycles. The molecule has 0 saturated carbocycles. The molecule has 0 atom stereocenters. The Balaban J connectivity index is 1.14. The van der Waals surface area contributed by atoms with Gasteiger partial charge in [0, 0.05) is 24.8 Å².